The van der Waals surface area contributed by atoms with Crippen LogP contribution < -0.4 is 5.32 Å². The highest BCUT2D eigenvalue weighted by atomic mass is 16.2. The third-order valence-corrected chi connectivity index (χ3v) is 4.55. The summed E-state index contributed by atoms with van der Waals surface area (Å²) in [5, 5.41) is 3.40. The van der Waals surface area contributed by atoms with Crippen LogP contribution in [0.2, 0.25) is 0 Å². The molecule has 1 heterocycles. The maximum Gasteiger partial charge on any atom is 0.239 e. The molecular weight excluding hydrogens is 262 g/mol. The lowest BCUT2D eigenvalue weighted by Gasteiger charge is -2.36. The molecule has 0 aliphatic carbocycles. The Labute approximate surface area is 131 Å². The van der Waals surface area contributed by atoms with Crippen LogP contribution in [0.1, 0.15) is 47.5 Å². The molecule has 0 radical (unpaired) electrons. The standard InChI is InChI=1S/C17H35N3O/c1-6-19(7-2)10-8-9-18-16(5)17(21)20-12-14(3)11-15(4)13-20/h14-16,18H,6-13H2,1-5H3/t14-,15+,16-/m1/s1. The minimum absolute atomic E-state index is 0.0563. The third kappa shape index (κ3) is 6.35. The zero-order valence-electron chi connectivity index (χ0n) is 14.7. The molecule has 124 valence electrons. The molecule has 4 nitrogen and oxygen atoms in total. The molecule has 21 heavy (non-hydrogen) atoms. The molecule has 0 bridgehead atoms. The Hall–Kier alpha value is -0.610. The first-order chi connectivity index (χ1) is 9.97. The predicted molar refractivity (Wildman–Crippen MR) is 89.4 cm³/mol. The third-order valence-electron chi connectivity index (χ3n) is 4.55. The van der Waals surface area contributed by atoms with Crippen molar-refractivity contribution in [1.29, 1.82) is 0 Å². The molecule has 0 aromatic rings. The maximum absolute atomic E-state index is 12.5. The van der Waals surface area contributed by atoms with E-state index < -0.39 is 0 Å². The Morgan fingerprint density at radius 2 is 1.81 bits per heavy atom. The summed E-state index contributed by atoms with van der Waals surface area (Å²) in [6.45, 7) is 17.0. The van der Waals surface area contributed by atoms with Gasteiger partial charge in [0.15, 0.2) is 0 Å². The molecule has 0 saturated carbocycles. The van der Waals surface area contributed by atoms with Gasteiger partial charge in [0.05, 0.1) is 6.04 Å². The first-order valence-corrected chi connectivity index (χ1v) is 8.72. The van der Waals surface area contributed by atoms with Crippen LogP contribution in [0.25, 0.3) is 0 Å². The number of nitrogens with zero attached hydrogens (tertiary/aromatic N) is 2. The topological polar surface area (TPSA) is 35.6 Å². The fraction of sp³-hybridized carbons (Fsp3) is 0.941. The van der Waals surface area contributed by atoms with Gasteiger partial charge in [0.25, 0.3) is 0 Å². The largest absolute Gasteiger partial charge is 0.341 e. The van der Waals surface area contributed by atoms with E-state index in [2.05, 4.69) is 42.8 Å². The van der Waals surface area contributed by atoms with Crippen LogP contribution in [0.3, 0.4) is 0 Å². The molecule has 4 heteroatoms. The molecule has 1 aliphatic heterocycles. The number of likely N-dealkylation sites (tertiary alicyclic amines) is 1. The van der Waals surface area contributed by atoms with Crippen molar-refractivity contribution in [2.24, 2.45) is 11.8 Å². The molecule has 0 unspecified atom stereocenters. The number of piperidine rings is 1. The number of amides is 1. The second kappa shape index (κ2) is 9.42. The van der Waals surface area contributed by atoms with E-state index in [-0.39, 0.29) is 11.9 Å². The molecule has 1 fully saturated rings. The van der Waals surface area contributed by atoms with E-state index in [9.17, 15) is 4.79 Å². The van der Waals surface area contributed by atoms with E-state index in [1.807, 2.05) is 6.92 Å². The molecule has 1 saturated heterocycles. The molecule has 1 rings (SSSR count). The van der Waals surface area contributed by atoms with Crippen molar-refractivity contribution in [3.63, 3.8) is 0 Å². The lowest BCUT2D eigenvalue weighted by atomic mass is 9.91. The van der Waals surface area contributed by atoms with Gasteiger partial charge in [0.2, 0.25) is 5.91 Å². The number of hydrogen-bond donors (Lipinski definition) is 1. The predicted octanol–water partition coefficient (Wildman–Crippen LogP) is 2.20. The monoisotopic (exact) mass is 297 g/mol. The van der Waals surface area contributed by atoms with E-state index in [1.54, 1.807) is 0 Å². The number of hydrogen-bond acceptors (Lipinski definition) is 3. The van der Waals surface area contributed by atoms with Gasteiger partial charge in [0.1, 0.15) is 0 Å². The molecule has 0 aromatic carbocycles. The van der Waals surface area contributed by atoms with Crippen molar-refractivity contribution in [3.05, 3.63) is 0 Å². The number of nitrogens with one attached hydrogen (secondary N) is 1. The average molecular weight is 297 g/mol. The first kappa shape index (κ1) is 18.4. The molecule has 1 aliphatic rings. The summed E-state index contributed by atoms with van der Waals surface area (Å²) >= 11 is 0. The van der Waals surface area contributed by atoms with Crippen LogP contribution in [0, 0.1) is 11.8 Å². The summed E-state index contributed by atoms with van der Waals surface area (Å²) in [6.07, 6.45) is 2.35. The molecular formula is C17H35N3O. The van der Waals surface area contributed by atoms with Gasteiger partial charge in [-0.25, -0.2) is 0 Å². The smallest absolute Gasteiger partial charge is 0.239 e. The summed E-state index contributed by atoms with van der Waals surface area (Å²) in [4.78, 5) is 17.0. The average Bonchev–Trinajstić information content (AvgIpc) is 2.45. The van der Waals surface area contributed by atoms with Crippen LogP contribution in [-0.4, -0.2) is 61.0 Å². The lowest BCUT2D eigenvalue weighted by molar-refractivity contribution is -0.135. The van der Waals surface area contributed by atoms with Crippen molar-refractivity contribution in [3.8, 4) is 0 Å². The van der Waals surface area contributed by atoms with E-state index in [0.717, 1.165) is 45.7 Å². The summed E-state index contributed by atoms with van der Waals surface area (Å²) in [6, 6.07) is -0.0563. The van der Waals surface area contributed by atoms with E-state index >= 15 is 0 Å². The number of carbonyl (C=O) groups excluding carboxylic acids is 1. The molecule has 3 atom stereocenters. The van der Waals surface area contributed by atoms with Gasteiger partial charge in [-0.3, -0.25) is 4.79 Å². The van der Waals surface area contributed by atoms with Crippen LogP contribution in [0.15, 0.2) is 0 Å². The van der Waals surface area contributed by atoms with Crippen molar-refractivity contribution < 1.29 is 4.79 Å². The molecule has 0 spiro atoms. The van der Waals surface area contributed by atoms with Gasteiger partial charge in [-0.1, -0.05) is 27.7 Å². The molecule has 1 amide bonds. The Bertz CT molecular complexity index is 294. The summed E-state index contributed by atoms with van der Waals surface area (Å²) in [5.74, 6) is 1.54. The number of rotatable bonds is 8. The minimum Gasteiger partial charge on any atom is -0.341 e. The van der Waals surface area contributed by atoms with Gasteiger partial charge >= 0.3 is 0 Å². The highest BCUT2D eigenvalue weighted by Gasteiger charge is 2.27. The van der Waals surface area contributed by atoms with E-state index in [4.69, 9.17) is 0 Å². The van der Waals surface area contributed by atoms with Crippen LogP contribution >= 0.6 is 0 Å². The highest BCUT2D eigenvalue weighted by Crippen LogP contribution is 2.21. The SMILES string of the molecule is CCN(CC)CCCN[C@H](C)C(=O)N1C[C@H](C)C[C@H](C)C1. The second-order valence-corrected chi connectivity index (χ2v) is 6.75. The first-order valence-electron chi connectivity index (χ1n) is 8.72. The zero-order valence-corrected chi connectivity index (χ0v) is 14.7. The maximum atomic E-state index is 12.5. The summed E-state index contributed by atoms with van der Waals surface area (Å²) in [5.41, 5.74) is 0. The Balaban J connectivity index is 2.27. The second-order valence-electron chi connectivity index (χ2n) is 6.75. The van der Waals surface area contributed by atoms with Crippen LogP contribution in [-0.2, 0) is 4.79 Å². The molecule has 0 aromatic heterocycles. The van der Waals surface area contributed by atoms with Gasteiger partial charge < -0.3 is 15.1 Å². The van der Waals surface area contributed by atoms with Gasteiger partial charge in [-0.05, 0) is 57.8 Å². The lowest BCUT2D eigenvalue weighted by Crippen LogP contribution is -2.50. The van der Waals surface area contributed by atoms with Crippen molar-refractivity contribution >= 4 is 5.91 Å². The Morgan fingerprint density at radius 3 is 2.33 bits per heavy atom. The quantitative estimate of drug-likeness (QED) is 0.698. The number of carbonyl (C=O) groups is 1. The fourth-order valence-corrected chi connectivity index (χ4v) is 3.37. The normalized spacial score (nSPS) is 24.4. The summed E-state index contributed by atoms with van der Waals surface area (Å²) < 4.78 is 0. The van der Waals surface area contributed by atoms with Gasteiger partial charge in [0, 0.05) is 13.1 Å². The highest BCUT2D eigenvalue weighted by molar-refractivity contribution is 5.81. The Morgan fingerprint density at radius 1 is 1.24 bits per heavy atom. The van der Waals surface area contributed by atoms with Gasteiger partial charge in [-0.15, -0.1) is 0 Å². The molecule has 1 N–H and O–H groups in total. The van der Waals surface area contributed by atoms with Crippen molar-refractivity contribution in [2.45, 2.75) is 53.5 Å². The van der Waals surface area contributed by atoms with Crippen molar-refractivity contribution in [2.75, 3.05) is 39.3 Å². The van der Waals surface area contributed by atoms with Gasteiger partial charge in [-0.2, -0.15) is 0 Å². The van der Waals surface area contributed by atoms with E-state index in [0.29, 0.717) is 11.8 Å². The van der Waals surface area contributed by atoms with Crippen LogP contribution in [0.5, 0.6) is 0 Å². The van der Waals surface area contributed by atoms with E-state index in [1.165, 1.54) is 6.42 Å². The fourth-order valence-electron chi connectivity index (χ4n) is 3.37. The van der Waals surface area contributed by atoms with Crippen LogP contribution in [0.4, 0.5) is 0 Å². The summed E-state index contributed by atoms with van der Waals surface area (Å²) in [7, 11) is 0. The Kier molecular flexibility index (Phi) is 8.27. The van der Waals surface area contributed by atoms with Crippen molar-refractivity contribution in [1.82, 2.24) is 15.1 Å². The zero-order chi connectivity index (χ0) is 15.8. The minimum atomic E-state index is -0.0563.